The molecule has 0 fully saturated rings. The quantitative estimate of drug-likeness (QED) is 0.360. The number of alkyl halides is 1. The molecule has 0 aliphatic carbocycles. The number of anilines is 1. The number of fused-ring (bicyclic) bond motifs is 6. The Morgan fingerprint density at radius 3 is 2.77 bits per heavy atom. The molecule has 0 unspecified atom stereocenters. The molecule has 0 bridgehead atoms. The Balaban J connectivity index is 1.51. The van der Waals surface area contributed by atoms with E-state index in [1.165, 1.54) is 0 Å². The van der Waals surface area contributed by atoms with E-state index >= 15 is 0 Å². The van der Waals surface area contributed by atoms with Gasteiger partial charge in [-0.2, -0.15) is 0 Å². The highest BCUT2D eigenvalue weighted by Crippen LogP contribution is 2.45. The first-order chi connectivity index (χ1) is 14.7. The lowest BCUT2D eigenvalue weighted by Crippen LogP contribution is -2.30. The monoisotopic (exact) mass is 416 g/mol. The van der Waals surface area contributed by atoms with Crippen molar-refractivity contribution in [3.05, 3.63) is 72.1 Å². The molecule has 0 saturated carbocycles. The molecule has 1 aliphatic heterocycles. The summed E-state index contributed by atoms with van der Waals surface area (Å²) in [4.78, 5) is 18.5. The van der Waals surface area contributed by atoms with E-state index in [0.29, 0.717) is 23.8 Å². The number of rotatable bonds is 2. The average Bonchev–Trinajstić information content (AvgIpc) is 3.48. The first-order valence-corrected chi connectivity index (χ1v) is 10.3. The number of benzene rings is 3. The van der Waals surface area contributed by atoms with Crippen molar-refractivity contribution in [3.8, 4) is 5.75 Å². The third-order valence-corrected chi connectivity index (χ3v) is 6.41. The van der Waals surface area contributed by atoms with Gasteiger partial charge in [-0.25, -0.2) is 0 Å². The second-order valence-corrected chi connectivity index (χ2v) is 7.99. The Bertz CT molecular complexity index is 1470. The molecule has 2 aromatic heterocycles. The number of halogens is 1. The number of nitrogens with zero attached hydrogens (tertiary/aromatic N) is 1. The first kappa shape index (κ1) is 17.4. The van der Waals surface area contributed by atoms with Gasteiger partial charge in [0, 0.05) is 46.1 Å². The summed E-state index contributed by atoms with van der Waals surface area (Å²) < 4.78 is 5.47. The number of phenols is 1. The normalized spacial score (nSPS) is 16.0. The molecule has 30 heavy (non-hydrogen) atoms. The maximum Gasteiger partial charge on any atom is 0.274 e. The summed E-state index contributed by atoms with van der Waals surface area (Å²) in [7, 11) is 0. The van der Waals surface area contributed by atoms with Crippen molar-refractivity contribution < 1.29 is 14.3 Å². The maximum absolute atomic E-state index is 13.5. The van der Waals surface area contributed by atoms with E-state index in [1.54, 1.807) is 17.2 Å². The summed E-state index contributed by atoms with van der Waals surface area (Å²) in [5.41, 5.74) is 3.88. The van der Waals surface area contributed by atoms with Crippen LogP contribution < -0.4 is 4.90 Å². The summed E-state index contributed by atoms with van der Waals surface area (Å²) in [5.74, 6) is 0.412. The van der Waals surface area contributed by atoms with Crippen molar-refractivity contribution in [1.29, 1.82) is 0 Å². The van der Waals surface area contributed by atoms with Gasteiger partial charge in [0.2, 0.25) is 0 Å². The van der Waals surface area contributed by atoms with Crippen LogP contribution in [0.5, 0.6) is 5.75 Å². The van der Waals surface area contributed by atoms with E-state index in [4.69, 9.17) is 16.0 Å². The number of H-pyrrole nitrogens is 1. The van der Waals surface area contributed by atoms with Gasteiger partial charge in [0.15, 0.2) is 0 Å². The third-order valence-electron chi connectivity index (χ3n) is 6.04. The van der Waals surface area contributed by atoms with Gasteiger partial charge in [0.05, 0.1) is 12.0 Å². The van der Waals surface area contributed by atoms with E-state index in [1.807, 2.05) is 48.5 Å². The lowest BCUT2D eigenvalue weighted by Gasteiger charge is -2.17. The summed E-state index contributed by atoms with van der Waals surface area (Å²) in [5, 5.41) is 14.2. The zero-order valence-electron chi connectivity index (χ0n) is 15.9. The molecule has 148 valence electrons. The van der Waals surface area contributed by atoms with Crippen LogP contribution in [0.15, 0.2) is 65.3 Å². The highest BCUT2D eigenvalue weighted by Gasteiger charge is 2.35. The Morgan fingerprint density at radius 2 is 1.93 bits per heavy atom. The smallest absolute Gasteiger partial charge is 0.274 e. The maximum atomic E-state index is 13.5. The second kappa shape index (κ2) is 6.28. The molecule has 1 aliphatic rings. The van der Waals surface area contributed by atoms with Crippen LogP contribution in [0.2, 0.25) is 0 Å². The molecule has 0 spiro atoms. The van der Waals surface area contributed by atoms with Crippen molar-refractivity contribution >= 4 is 55.8 Å². The number of hydrogen-bond acceptors (Lipinski definition) is 3. The minimum atomic E-state index is -0.147. The van der Waals surface area contributed by atoms with Crippen LogP contribution in [0.1, 0.15) is 22.0 Å². The van der Waals surface area contributed by atoms with Crippen LogP contribution in [0, 0.1) is 0 Å². The predicted molar refractivity (Wildman–Crippen MR) is 119 cm³/mol. The highest BCUT2D eigenvalue weighted by atomic mass is 35.5. The molecule has 1 amide bonds. The lowest BCUT2D eigenvalue weighted by atomic mass is 9.95. The van der Waals surface area contributed by atoms with Crippen molar-refractivity contribution in [2.45, 2.75) is 5.92 Å². The van der Waals surface area contributed by atoms with E-state index in [0.717, 1.165) is 38.2 Å². The van der Waals surface area contributed by atoms with Gasteiger partial charge in [-0.15, -0.1) is 11.6 Å². The van der Waals surface area contributed by atoms with Gasteiger partial charge in [-0.3, -0.25) is 4.79 Å². The van der Waals surface area contributed by atoms with Gasteiger partial charge in [-0.05, 0) is 35.2 Å². The fourth-order valence-corrected chi connectivity index (χ4v) is 4.91. The van der Waals surface area contributed by atoms with E-state index < -0.39 is 0 Å². The summed E-state index contributed by atoms with van der Waals surface area (Å²) >= 11 is 6.29. The van der Waals surface area contributed by atoms with E-state index in [2.05, 4.69) is 4.98 Å². The lowest BCUT2D eigenvalue weighted by molar-refractivity contribution is 0.0984. The fraction of sp³-hybridized carbons (Fsp3) is 0.125. The topological polar surface area (TPSA) is 69.5 Å². The minimum absolute atomic E-state index is 0.000996. The molecule has 0 radical (unpaired) electrons. The number of aromatic hydroxyl groups is 1. The van der Waals surface area contributed by atoms with Crippen LogP contribution in [0.25, 0.3) is 32.6 Å². The van der Waals surface area contributed by atoms with Crippen molar-refractivity contribution in [2.75, 3.05) is 17.3 Å². The van der Waals surface area contributed by atoms with Gasteiger partial charge < -0.3 is 19.4 Å². The van der Waals surface area contributed by atoms with Crippen LogP contribution in [0.4, 0.5) is 5.69 Å². The zero-order chi connectivity index (χ0) is 20.4. The number of hydrogen-bond donors (Lipinski definition) is 2. The molecule has 1 atom stereocenters. The Hall–Kier alpha value is -3.44. The van der Waals surface area contributed by atoms with Crippen LogP contribution >= 0.6 is 11.6 Å². The highest BCUT2D eigenvalue weighted by molar-refractivity contribution is 6.19. The first-order valence-electron chi connectivity index (χ1n) is 9.77. The average molecular weight is 417 g/mol. The van der Waals surface area contributed by atoms with Gasteiger partial charge in [-0.1, -0.05) is 24.3 Å². The van der Waals surface area contributed by atoms with Crippen molar-refractivity contribution in [3.63, 3.8) is 0 Å². The van der Waals surface area contributed by atoms with Crippen LogP contribution in [0.3, 0.4) is 0 Å². The molecular formula is C24H17ClN2O3. The number of carbonyl (C=O) groups is 1. The number of furan rings is 1. The number of aromatic nitrogens is 1. The summed E-state index contributed by atoms with van der Waals surface area (Å²) in [6, 6.07) is 16.9. The summed E-state index contributed by atoms with van der Waals surface area (Å²) in [6.45, 7) is 0.474. The van der Waals surface area contributed by atoms with Crippen molar-refractivity contribution in [2.24, 2.45) is 0 Å². The van der Waals surface area contributed by atoms with Gasteiger partial charge >= 0.3 is 0 Å². The molecule has 2 N–H and O–H groups in total. The molecule has 6 rings (SSSR count). The van der Waals surface area contributed by atoms with Gasteiger partial charge in [0.1, 0.15) is 17.0 Å². The zero-order valence-corrected chi connectivity index (χ0v) is 16.6. The largest absolute Gasteiger partial charge is 0.507 e. The molecule has 3 aromatic carbocycles. The fourth-order valence-electron chi connectivity index (χ4n) is 4.66. The van der Waals surface area contributed by atoms with E-state index in [9.17, 15) is 9.90 Å². The Kier molecular flexibility index (Phi) is 3.65. The Labute approximate surface area is 176 Å². The molecule has 0 saturated heterocycles. The molecule has 5 nitrogen and oxygen atoms in total. The predicted octanol–water partition coefficient (Wildman–Crippen LogP) is 5.76. The number of phenolic OH excluding ortho intramolecular Hbond substituents is 1. The summed E-state index contributed by atoms with van der Waals surface area (Å²) in [6.07, 6.45) is 1.65. The van der Waals surface area contributed by atoms with Crippen LogP contribution in [-0.2, 0) is 0 Å². The standard InChI is InChI=1S/C24H17ClN2O3/c25-11-13-12-27(20-10-21(28)14-3-1-2-4-16(14)23(13)20)24(29)19-9-17-15-7-8-30-22(15)6-5-18(17)26-19/h1-10,13,26,28H,11-12H2/t13-/m1/s1. The number of carbonyl (C=O) groups excluding carboxylic acids is 1. The number of aromatic amines is 1. The SMILES string of the molecule is O=C(c1cc2c(ccc3occc32)[nH]1)N1C[C@@H](CCl)c2c1cc(O)c1ccccc21. The third kappa shape index (κ3) is 2.33. The minimum Gasteiger partial charge on any atom is -0.507 e. The molecular weight excluding hydrogens is 400 g/mol. The molecule has 6 heteroatoms. The number of nitrogens with one attached hydrogen (secondary N) is 1. The second-order valence-electron chi connectivity index (χ2n) is 7.68. The van der Waals surface area contributed by atoms with E-state index in [-0.39, 0.29) is 17.6 Å². The van der Waals surface area contributed by atoms with Crippen LogP contribution in [-0.4, -0.2) is 28.4 Å². The molecule has 3 heterocycles. The number of amides is 1. The van der Waals surface area contributed by atoms with Crippen molar-refractivity contribution in [1.82, 2.24) is 4.98 Å². The molecule has 5 aromatic rings. The Morgan fingerprint density at radius 1 is 1.10 bits per heavy atom. The van der Waals surface area contributed by atoms with Gasteiger partial charge in [0.25, 0.3) is 5.91 Å².